The van der Waals surface area contributed by atoms with Gasteiger partial charge in [-0.2, -0.15) is 0 Å². The van der Waals surface area contributed by atoms with Gasteiger partial charge in [-0.15, -0.1) is 0 Å². The molecule has 0 aliphatic carbocycles. The first-order chi connectivity index (χ1) is 17.7. The molecule has 3 rings (SSSR count). The van der Waals surface area contributed by atoms with Gasteiger partial charge in [-0.1, -0.05) is 50.2 Å². The van der Waals surface area contributed by atoms with Crippen LogP contribution >= 0.6 is 0 Å². The number of unbranched alkanes of at least 4 members (excludes halogenated alkanes) is 1. The maximum Gasteiger partial charge on any atom is 0.273 e. The van der Waals surface area contributed by atoms with Crippen molar-refractivity contribution in [1.29, 1.82) is 0 Å². The van der Waals surface area contributed by atoms with E-state index >= 15 is 0 Å². The molecule has 2 aromatic heterocycles. The van der Waals surface area contributed by atoms with Gasteiger partial charge in [0.2, 0.25) is 0 Å². The van der Waals surface area contributed by atoms with Crippen molar-refractivity contribution in [2.24, 2.45) is 0 Å². The van der Waals surface area contributed by atoms with Crippen molar-refractivity contribution in [2.75, 3.05) is 26.2 Å². The van der Waals surface area contributed by atoms with Crippen molar-refractivity contribution in [1.82, 2.24) is 25.1 Å². The summed E-state index contributed by atoms with van der Waals surface area (Å²) in [6, 6.07) is 19.7. The topological polar surface area (TPSA) is 61.4 Å². The second kappa shape index (κ2) is 15.8. The minimum atomic E-state index is -0.0940. The number of nitrogens with zero attached hydrogens (tertiary/aromatic N) is 4. The number of hydrogen-bond donors (Lipinski definition) is 1. The number of aromatic nitrogens is 2. The molecule has 0 fully saturated rings. The molecule has 0 atom stereocenters. The van der Waals surface area contributed by atoms with E-state index < -0.39 is 0 Å². The molecule has 0 saturated carbocycles. The molecule has 0 saturated heterocycles. The van der Waals surface area contributed by atoms with Crippen LogP contribution < -0.4 is 5.32 Å². The highest BCUT2D eigenvalue weighted by Crippen LogP contribution is 2.13. The van der Waals surface area contributed by atoms with E-state index in [1.807, 2.05) is 30.3 Å². The molecule has 6 nitrogen and oxygen atoms in total. The van der Waals surface area contributed by atoms with Gasteiger partial charge < -0.3 is 15.1 Å². The Morgan fingerprint density at radius 2 is 1.47 bits per heavy atom. The lowest BCUT2D eigenvalue weighted by Gasteiger charge is -2.22. The molecule has 2 heterocycles. The van der Waals surface area contributed by atoms with Crippen molar-refractivity contribution >= 4 is 5.91 Å². The van der Waals surface area contributed by atoms with Crippen molar-refractivity contribution in [3.05, 3.63) is 95.6 Å². The van der Waals surface area contributed by atoms with Crippen LogP contribution in [-0.2, 0) is 19.6 Å². The molecule has 0 spiro atoms. The third kappa shape index (κ3) is 9.51. The van der Waals surface area contributed by atoms with E-state index in [0.29, 0.717) is 18.8 Å². The van der Waals surface area contributed by atoms with E-state index in [1.54, 1.807) is 23.4 Å². The standard InChI is InChI=1S/C30H41N5O/c1-3-20-34(21-4-2)22-10-9-17-31-23-26-13-15-27(16-14-26)24-35(25-28-11-5-7-18-32-28)30(36)29-12-6-8-19-33-29/h5-8,11-16,18-19,31H,3-4,9-10,17,20-25H2,1-2H3. The molecule has 6 heteroatoms. The van der Waals surface area contributed by atoms with Gasteiger partial charge in [0.25, 0.3) is 5.91 Å². The molecule has 1 amide bonds. The van der Waals surface area contributed by atoms with E-state index in [9.17, 15) is 4.79 Å². The predicted octanol–water partition coefficient (Wildman–Crippen LogP) is 5.31. The summed E-state index contributed by atoms with van der Waals surface area (Å²) in [5.41, 5.74) is 3.65. The Bertz CT molecular complexity index is 989. The predicted molar refractivity (Wildman–Crippen MR) is 146 cm³/mol. The molecule has 0 radical (unpaired) electrons. The van der Waals surface area contributed by atoms with Crippen LogP contribution in [0.1, 0.15) is 66.8 Å². The van der Waals surface area contributed by atoms with Crippen molar-refractivity contribution in [2.45, 2.75) is 59.2 Å². The number of carbonyl (C=O) groups is 1. The van der Waals surface area contributed by atoms with E-state index in [4.69, 9.17) is 0 Å². The van der Waals surface area contributed by atoms with Crippen LogP contribution in [0, 0.1) is 0 Å². The normalized spacial score (nSPS) is 11.1. The highest BCUT2D eigenvalue weighted by molar-refractivity contribution is 5.92. The number of amides is 1. The fourth-order valence-corrected chi connectivity index (χ4v) is 4.31. The molecule has 0 aliphatic rings. The van der Waals surface area contributed by atoms with Crippen LogP contribution in [0.4, 0.5) is 0 Å². The lowest BCUT2D eigenvalue weighted by atomic mass is 10.1. The third-order valence-electron chi connectivity index (χ3n) is 6.13. The molecule has 36 heavy (non-hydrogen) atoms. The molecular weight excluding hydrogens is 446 g/mol. The van der Waals surface area contributed by atoms with E-state index in [-0.39, 0.29) is 5.91 Å². The maximum absolute atomic E-state index is 13.2. The number of pyridine rings is 2. The minimum absolute atomic E-state index is 0.0940. The number of hydrogen-bond acceptors (Lipinski definition) is 5. The summed E-state index contributed by atoms with van der Waals surface area (Å²) in [6.07, 6.45) is 8.30. The Balaban J connectivity index is 1.49. The third-order valence-corrected chi connectivity index (χ3v) is 6.13. The van der Waals surface area contributed by atoms with Gasteiger partial charge in [-0.25, -0.2) is 0 Å². The number of rotatable bonds is 16. The van der Waals surface area contributed by atoms with E-state index in [2.05, 4.69) is 58.3 Å². The maximum atomic E-state index is 13.2. The molecule has 1 N–H and O–H groups in total. The van der Waals surface area contributed by atoms with Gasteiger partial charge in [0, 0.05) is 25.5 Å². The zero-order chi connectivity index (χ0) is 25.4. The second-order valence-electron chi connectivity index (χ2n) is 9.24. The number of carbonyl (C=O) groups excluding carboxylic acids is 1. The summed E-state index contributed by atoms with van der Waals surface area (Å²) in [7, 11) is 0. The summed E-state index contributed by atoms with van der Waals surface area (Å²) in [4.78, 5) is 26.2. The smallest absolute Gasteiger partial charge is 0.273 e. The van der Waals surface area contributed by atoms with Gasteiger partial charge in [0.05, 0.1) is 12.2 Å². The Labute approximate surface area is 216 Å². The summed E-state index contributed by atoms with van der Waals surface area (Å²) in [6.45, 7) is 11.0. The van der Waals surface area contributed by atoms with Crippen molar-refractivity contribution in [3.8, 4) is 0 Å². The summed E-state index contributed by atoms with van der Waals surface area (Å²) in [5, 5.41) is 3.57. The van der Waals surface area contributed by atoms with Crippen molar-refractivity contribution < 1.29 is 4.79 Å². The van der Waals surface area contributed by atoms with Crippen LogP contribution in [-0.4, -0.2) is 51.9 Å². The monoisotopic (exact) mass is 487 g/mol. The molecule has 0 aliphatic heterocycles. The Hall–Kier alpha value is -3.09. The van der Waals surface area contributed by atoms with Crippen molar-refractivity contribution in [3.63, 3.8) is 0 Å². The highest BCUT2D eigenvalue weighted by Gasteiger charge is 2.18. The first kappa shape index (κ1) is 27.5. The summed E-state index contributed by atoms with van der Waals surface area (Å²) in [5.74, 6) is -0.0940. The van der Waals surface area contributed by atoms with Crippen LogP contribution in [0.25, 0.3) is 0 Å². The van der Waals surface area contributed by atoms with E-state index in [0.717, 1.165) is 24.3 Å². The molecule has 0 bridgehead atoms. The lowest BCUT2D eigenvalue weighted by molar-refractivity contribution is 0.0722. The SMILES string of the molecule is CCCN(CCC)CCCCNCc1ccc(CN(Cc2ccccn2)C(=O)c2ccccn2)cc1. The summed E-state index contributed by atoms with van der Waals surface area (Å²) >= 11 is 0. The van der Waals surface area contributed by atoms with Crippen LogP contribution in [0.2, 0.25) is 0 Å². The first-order valence-corrected chi connectivity index (χ1v) is 13.3. The van der Waals surface area contributed by atoms with Gasteiger partial charge >= 0.3 is 0 Å². The number of nitrogens with one attached hydrogen (secondary N) is 1. The highest BCUT2D eigenvalue weighted by atomic mass is 16.2. The Morgan fingerprint density at radius 3 is 2.11 bits per heavy atom. The molecular formula is C30H41N5O. The van der Waals surface area contributed by atoms with Crippen LogP contribution in [0.3, 0.4) is 0 Å². The molecule has 192 valence electrons. The Morgan fingerprint density at radius 1 is 0.778 bits per heavy atom. The van der Waals surface area contributed by atoms with Crippen LogP contribution in [0.15, 0.2) is 73.1 Å². The number of benzene rings is 1. The van der Waals surface area contributed by atoms with E-state index in [1.165, 1.54) is 50.9 Å². The summed E-state index contributed by atoms with van der Waals surface area (Å²) < 4.78 is 0. The van der Waals surface area contributed by atoms with Gasteiger partial charge in [0.1, 0.15) is 5.69 Å². The van der Waals surface area contributed by atoms with Gasteiger partial charge in [-0.05, 0) is 87.3 Å². The first-order valence-electron chi connectivity index (χ1n) is 13.3. The zero-order valence-corrected chi connectivity index (χ0v) is 21.9. The quantitative estimate of drug-likeness (QED) is 0.278. The molecule has 1 aromatic carbocycles. The van der Waals surface area contributed by atoms with Gasteiger partial charge in [0.15, 0.2) is 0 Å². The molecule has 3 aromatic rings. The Kier molecular flexibility index (Phi) is 12.1. The lowest BCUT2D eigenvalue weighted by Crippen LogP contribution is -2.31. The second-order valence-corrected chi connectivity index (χ2v) is 9.24. The fourth-order valence-electron chi connectivity index (χ4n) is 4.31. The average Bonchev–Trinajstić information content (AvgIpc) is 2.92. The fraction of sp³-hybridized carbons (Fsp3) is 0.433. The largest absolute Gasteiger partial charge is 0.327 e. The zero-order valence-electron chi connectivity index (χ0n) is 21.9. The molecule has 0 unspecified atom stereocenters. The average molecular weight is 488 g/mol. The van der Waals surface area contributed by atoms with Crippen LogP contribution in [0.5, 0.6) is 0 Å². The minimum Gasteiger partial charge on any atom is -0.327 e. The van der Waals surface area contributed by atoms with Gasteiger partial charge in [-0.3, -0.25) is 14.8 Å².